The molecule has 0 unspecified atom stereocenters. The lowest BCUT2D eigenvalue weighted by Gasteiger charge is -2.27. The van der Waals surface area contributed by atoms with Gasteiger partial charge in [0.2, 0.25) is 0 Å². The summed E-state index contributed by atoms with van der Waals surface area (Å²) in [5.41, 5.74) is 3.02. The van der Waals surface area contributed by atoms with Crippen molar-refractivity contribution in [3.63, 3.8) is 0 Å². The van der Waals surface area contributed by atoms with Gasteiger partial charge in [-0.05, 0) is 40.5 Å². The van der Waals surface area contributed by atoms with Gasteiger partial charge in [0.25, 0.3) is 11.8 Å². The monoisotopic (exact) mass is 406 g/mol. The molecule has 0 saturated carbocycles. The van der Waals surface area contributed by atoms with Crippen molar-refractivity contribution in [1.82, 2.24) is 10.2 Å². The van der Waals surface area contributed by atoms with E-state index in [2.05, 4.69) is 11.9 Å². The van der Waals surface area contributed by atoms with Crippen molar-refractivity contribution in [1.29, 1.82) is 0 Å². The summed E-state index contributed by atoms with van der Waals surface area (Å²) in [5.74, 6) is -1.92. The number of aliphatic carboxylic acids is 1. The van der Waals surface area contributed by atoms with E-state index in [0.29, 0.717) is 11.1 Å². The number of carboxylic acids is 1. The fourth-order valence-electron chi connectivity index (χ4n) is 3.03. The van der Waals surface area contributed by atoms with Gasteiger partial charge in [-0.3, -0.25) is 24.6 Å². The number of nitrogens with one attached hydrogen (secondary N) is 1. The zero-order valence-corrected chi connectivity index (χ0v) is 16.2. The molecule has 7 heteroatoms. The first kappa shape index (κ1) is 20.2. The number of carbonyl (C=O) groups is 3. The summed E-state index contributed by atoms with van der Waals surface area (Å²) in [7, 11) is 0. The summed E-state index contributed by atoms with van der Waals surface area (Å²) in [6, 6.07) is 14.5. The molecular weight excluding hydrogens is 388 g/mol. The Morgan fingerprint density at radius 1 is 1.14 bits per heavy atom. The van der Waals surface area contributed by atoms with Crippen molar-refractivity contribution in [2.24, 2.45) is 0 Å². The zero-order chi connectivity index (χ0) is 21.0. The Morgan fingerprint density at radius 2 is 1.83 bits per heavy atom. The van der Waals surface area contributed by atoms with Crippen molar-refractivity contribution in [2.45, 2.75) is 6.42 Å². The molecule has 0 spiro atoms. The van der Waals surface area contributed by atoms with Crippen LogP contribution in [0.4, 0.5) is 0 Å². The van der Waals surface area contributed by atoms with Gasteiger partial charge in [0.1, 0.15) is 5.57 Å². The molecule has 0 aliphatic carbocycles. The van der Waals surface area contributed by atoms with Gasteiger partial charge in [-0.15, -0.1) is 6.58 Å². The summed E-state index contributed by atoms with van der Waals surface area (Å²) >= 11 is 5.03. The molecule has 2 N–H and O–H groups in total. The third kappa shape index (κ3) is 4.47. The highest BCUT2D eigenvalue weighted by Crippen LogP contribution is 2.25. The molecule has 0 aromatic heterocycles. The van der Waals surface area contributed by atoms with Gasteiger partial charge >= 0.3 is 5.97 Å². The van der Waals surface area contributed by atoms with E-state index < -0.39 is 17.8 Å². The van der Waals surface area contributed by atoms with E-state index >= 15 is 0 Å². The largest absolute Gasteiger partial charge is 0.481 e. The molecule has 1 aliphatic rings. The molecule has 1 aliphatic heterocycles. The summed E-state index contributed by atoms with van der Waals surface area (Å²) in [4.78, 5) is 37.2. The van der Waals surface area contributed by atoms with Crippen LogP contribution in [0.5, 0.6) is 0 Å². The first-order valence-electron chi connectivity index (χ1n) is 8.80. The summed E-state index contributed by atoms with van der Waals surface area (Å²) < 4.78 is 0. The van der Waals surface area contributed by atoms with Crippen LogP contribution in [0, 0.1) is 0 Å². The normalized spacial score (nSPS) is 15.4. The van der Waals surface area contributed by atoms with Crippen molar-refractivity contribution in [3.05, 3.63) is 77.9 Å². The number of rotatable bonds is 6. The minimum Gasteiger partial charge on any atom is -0.481 e. The molecular formula is C22H18N2O4S. The van der Waals surface area contributed by atoms with Crippen LogP contribution < -0.4 is 5.32 Å². The van der Waals surface area contributed by atoms with Crippen LogP contribution >= 0.6 is 12.2 Å². The van der Waals surface area contributed by atoms with E-state index in [-0.39, 0.29) is 23.7 Å². The van der Waals surface area contributed by atoms with Crippen LogP contribution in [0.2, 0.25) is 0 Å². The maximum absolute atomic E-state index is 12.6. The number of carboxylic acid groups (broad SMARTS) is 1. The molecule has 146 valence electrons. The van der Waals surface area contributed by atoms with Crippen LogP contribution in [0.15, 0.2) is 66.8 Å². The third-order valence-electron chi connectivity index (χ3n) is 4.39. The third-order valence-corrected chi connectivity index (χ3v) is 4.71. The first-order valence-corrected chi connectivity index (χ1v) is 9.21. The topological polar surface area (TPSA) is 86.7 Å². The second-order valence-electron chi connectivity index (χ2n) is 6.37. The summed E-state index contributed by atoms with van der Waals surface area (Å²) in [5, 5.41) is 11.7. The Balaban J connectivity index is 1.90. The average molecular weight is 406 g/mol. The fourth-order valence-corrected chi connectivity index (χ4v) is 3.28. The fraction of sp³-hybridized carbons (Fsp3) is 0.0909. The van der Waals surface area contributed by atoms with E-state index in [1.807, 2.05) is 24.3 Å². The molecule has 0 radical (unpaired) electrons. The lowest BCUT2D eigenvalue weighted by atomic mass is 9.96. The molecule has 0 atom stereocenters. The van der Waals surface area contributed by atoms with Crippen LogP contribution in [-0.4, -0.2) is 39.4 Å². The molecule has 1 fully saturated rings. The number of thiocarbonyl (C=S) groups is 1. The van der Waals surface area contributed by atoms with Crippen molar-refractivity contribution in [3.8, 4) is 11.1 Å². The van der Waals surface area contributed by atoms with E-state index in [1.54, 1.807) is 24.3 Å². The van der Waals surface area contributed by atoms with E-state index in [9.17, 15) is 14.4 Å². The Hall–Kier alpha value is -3.58. The van der Waals surface area contributed by atoms with E-state index in [0.717, 1.165) is 11.1 Å². The maximum Gasteiger partial charge on any atom is 0.307 e. The minimum atomic E-state index is -0.900. The number of hydrogen-bond acceptors (Lipinski definition) is 4. The SMILES string of the molecule is C=CCN1C(=O)/C(=C/c2ccc(-c3ccccc3CC(=O)O)cc2)C(=O)NC1=S. The van der Waals surface area contributed by atoms with Crippen LogP contribution in [0.3, 0.4) is 0 Å². The van der Waals surface area contributed by atoms with Gasteiger partial charge in [0.05, 0.1) is 6.42 Å². The Bertz CT molecular complexity index is 1040. The highest BCUT2D eigenvalue weighted by atomic mass is 32.1. The first-order chi connectivity index (χ1) is 13.9. The number of nitrogens with zero attached hydrogens (tertiary/aromatic N) is 1. The van der Waals surface area contributed by atoms with Gasteiger partial charge in [0.15, 0.2) is 5.11 Å². The number of hydrogen-bond donors (Lipinski definition) is 2. The molecule has 0 bridgehead atoms. The second kappa shape index (κ2) is 8.62. The molecule has 6 nitrogen and oxygen atoms in total. The number of carbonyl (C=O) groups excluding carboxylic acids is 2. The van der Waals surface area contributed by atoms with Crippen LogP contribution in [0.1, 0.15) is 11.1 Å². The molecule has 2 amide bonds. The van der Waals surface area contributed by atoms with Gasteiger partial charge < -0.3 is 5.11 Å². The molecule has 1 heterocycles. The quantitative estimate of drug-likeness (QED) is 0.333. The highest BCUT2D eigenvalue weighted by molar-refractivity contribution is 7.80. The lowest BCUT2D eigenvalue weighted by Crippen LogP contribution is -2.53. The Morgan fingerprint density at radius 3 is 2.48 bits per heavy atom. The molecule has 2 aromatic rings. The molecule has 3 rings (SSSR count). The Kier molecular flexibility index (Phi) is 5.99. The summed E-state index contributed by atoms with van der Waals surface area (Å²) in [6.07, 6.45) is 2.96. The van der Waals surface area contributed by atoms with Crippen molar-refractivity contribution >= 4 is 41.2 Å². The van der Waals surface area contributed by atoms with Gasteiger partial charge in [-0.25, -0.2) is 0 Å². The second-order valence-corrected chi connectivity index (χ2v) is 6.76. The predicted octanol–water partition coefficient (Wildman–Crippen LogP) is 2.79. The summed E-state index contributed by atoms with van der Waals surface area (Å²) in [6.45, 7) is 3.80. The van der Waals surface area contributed by atoms with E-state index in [4.69, 9.17) is 17.3 Å². The highest BCUT2D eigenvalue weighted by Gasteiger charge is 2.32. The molecule has 2 aromatic carbocycles. The average Bonchev–Trinajstić information content (AvgIpc) is 2.69. The van der Waals surface area contributed by atoms with Gasteiger partial charge in [-0.1, -0.05) is 54.6 Å². The molecule has 1 saturated heterocycles. The number of benzene rings is 2. The number of amides is 2. The minimum absolute atomic E-state index is 0.0144. The van der Waals surface area contributed by atoms with Gasteiger partial charge in [-0.2, -0.15) is 0 Å². The van der Waals surface area contributed by atoms with Crippen LogP contribution in [0.25, 0.3) is 17.2 Å². The maximum atomic E-state index is 12.6. The smallest absolute Gasteiger partial charge is 0.307 e. The standard InChI is InChI=1S/C22H18N2O4S/c1-2-11-24-21(28)18(20(27)23-22(24)29)12-14-7-9-15(10-8-14)17-6-4-3-5-16(17)13-19(25)26/h2-10,12H,1,11,13H2,(H,25,26)(H,23,27,29)/b18-12+. The Labute approximate surface area is 173 Å². The lowest BCUT2D eigenvalue weighted by molar-refractivity contribution is -0.136. The van der Waals surface area contributed by atoms with Crippen molar-refractivity contribution in [2.75, 3.05) is 6.54 Å². The predicted molar refractivity (Wildman–Crippen MR) is 114 cm³/mol. The van der Waals surface area contributed by atoms with Crippen molar-refractivity contribution < 1.29 is 19.5 Å². The zero-order valence-electron chi connectivity index (χ0n) is 15.4. The van der Waals surface area contributed by atoms with E-state index in [1.165, 1.54) is 17.1 Å². The van der Waals surface area contributed by atoms with Crippen LogP contribution in [-0.2, 0) is 20.8 Å². The van der Waals surface area contributed by atoms with Gasteiger partial charge in [0, 0.05) is 6.54 Å². The molecule has 29 heavy (non-hydrogen) atoms.